The number of morpholine rings is 1. The minimum Gasteiger partial charge on any atom is -0.377 e. The number of rotatable bonds is 3. The first-order valence-corrected chi connectivity index (χ1v) is 6.16. The Morgan fingerprint density at radius 2 is 2.33 bits per heavy atom. The predicted octanol–water partition coefficient (Wildman–Crippen LogP) is 1.66. The highest BCUT2D eigenvalue weighted by Gasteiger charge is 2.33. The van der Waals surface area contributed by atoms with E-state index in [4.69, 9.17) is 4.74 Å². The van der Waals surface area contributed by atoms with E-state index in [-0.39, 0.29) is 5.54 Å². The molecule has 1 N–H and O–H groups in total. The van der Waals surface area contributed by atoms with Gasteiger partial charge in [-0.2, -0.15) is 4.98 Å². The smallest absolute Gasteiger partial charge is 0.224 e. The lowest BCUT2D eigenvalue weighted by Crippen LogP contribution is -2.53. The summed E-state index contributed by atoms with van der Waals surface area (Å²) in [6.45, 7) is 8.47. The van der Waals surface area contributed by atoms with Gasteiger partial charge in [-0.15, -0.1) is 0 Å². The van der Waals surface area contributed by atoms with Crippen LogP contribution in [0.5, 0.6) is 0 Å². The molecule has 6 heteroatoms. The standard InChI is InChI=1S/C12H19FN4O/c1-4-14-11-15-7-9(13)10(16-11)17-5-6-18-8-12(17,2)3/h7H,4-6,8H2,1-3H3,(H,14,15,16). The lowest BCUT2D eigenvalue weighted by atomic mass is 10.0. The average Bonchev–Trinajstić information content (AvgIpc) is 2.32. The molecule has 0 unspecified atom stereocenters. The Hall–Kier alpha value is -1.43. The number of anilines is 2. The number of nitrogens with one attached hydrogen (secondary N) is 1. The molecule has 1 aromatic heterocycles. The molecule has 2 heterocycles. The predicted molar refractivity (Wildman–Crippen MR) is 68.4 cm³/mol. The van der Waals surface area contributed by atoms with E-state index < -0.39 is 5.82 Å². The number of hydrogen-bond acceptors (Lipinski definition) is 5. The summed E-state index contributed by atoms with van der Waals surface area (Å²) in [6, 6.07) is 0. The molecule has 5 nitrogen and oxygen atoms in total. The first-order chi connectivity index (χ1) is 8.54. The third-order valence-electron chi connectivity index (χ3n) is 2.96. The molecule has 100 valence electrons. The fraction of sp³-hybridized carbons (Fsp3) is 0.667. The van der Waals surface area contributed by atoms with E-state index in [0.29, 0.717) is 38.1 Å². The first kappa shape index (κ1) is 13.0. The van der Waals surface area contributed by atoms with Crippen LogP contribution >= 0.6 is 0 Å². The molecule has 0 aromatic carbocycles. The first-order valence-electron chi connectivity index (χ1n) is 6.16. The van der Waals surface area contributed by atoms with E-state index in [1.54, 1.807) is 0 Å². The molecule has 1 aliphatic heterocycles. The fourth-order valence-electron chi connectivity index (χ4n) is 2.04. The molecule has 1 fully saturated rings. The molecule has 0 bridgehead atoms. The van der Waals surface area contributed by atoms with Gasteiger partial charge in [-0.05, 0) is 20.8 Å². The van der Waals surface area contributed by atoms with E-state index in [9.17, 15) is 4.39 Å². The van der Waals surface area contributed by atoms with Crippen LogP contribution in [0.1, 0.15) is 20.8 Å². The van der Waals surface area contributed by atoms with Gasteiger partial charge in [-0.3, -0.25) is 0 Å². The second kappa shape index (κ2) is 5.06. The van der Waals surface area contributed by atoms with E-state index in [1.807, 2.05) is 25.7 Å². The van der Waals surface area contributed by atoms with Crippen LogP contribution in [0.2, 0.25) is 0 Å². The highest BCUT2D eigenvalue weighted by Crippen LogP contribution is 2.27. The summed E-state index contributed by atoms with van der Waals surface area (Å²) in [5, 5.41) is 2.99. The maximum atomic E-state index is 13.9. The molecule has 0 amide bonds. The highest BCUT2D eigenvalue weighted by atomic mass is 19.1. The number of hydrogen-bond donors (Lipinski definition) is 1. The molecule has 2 rings (SSSR count). The van der Waals surface area contributed by atoms with Crippen LogP contribution in [-0.2, 0) is 4.74 Å². The zero-order chi connectivity index (χ0) is 13.2. The van der Waals surface area contributed by atoms with Crippen LogP contribution < -0.4 is 10.2 Å². The van der Waals surface area contributed by atoms with Crippen molar-refractivity contribution >= 4 is 11.8 Å². The van der Waals surface area contributed by atoms with Crippen molar-refractivity contribution in [3.8, 4) is 0 Å². The van der Waals surface area contributed by atoms with Gasteiger partial charge in [0.15, 0.2) is 11.6 Å². The number of aromatic nitrogens is 2. The fourth-order valence-corrected chi connectivity index (χ4v) is 2.04. The van der Waals surface area contributed by atoms with Gasteiger partial charge < -0.3 is 15.0 Å². The van der Waals surface area contributed by atoms with Gasteiger partial charge in [-0.25, -0.2) is 9.37 Å². The third kappa shape index (κ3) is 2.53. The van der Waals surface area contributed by atoms with E-state index in [2.05, 4.69) is 15.3 Å². The number of halogens is 1. The number of ether oxygens (including phenoxy) is 1. The second-order valence-electron chi connectivity index (χ2n) is 4.91. The molecule has 0 spiro atoms. The normalized spacial score (nSPS) is 18.8. The van der Waals surface area contributed by atoms with Crippen LogP contribution in [0.15, 0.2) is 6.20 Å². The molecule has 18 heavy (non-hydrogen) atoms. The van der Waals surface area contributed by atoms with Crippen molar-refractivity contribution in [3.63, 3.8) is 0 Å². The molecule has 1 saturated heterocycles. The van der Waals surface area contributed by atoms with Gasteiger partial charge in [0.25, 0.3) is 0 Å². The van der Waals surface area contributed by atoms with E-state index in [0.717, 1.165) is 0 Å². The average molecular weight is 254 g/mol. The molecular formula is C12H19FN4O. The quantitative estimate of drug-likeness (QED) is 0.889. The second-order valence-corrected chi connectivity index (χ2v) is 4.91. The van der Waals surface area contributed by atoms with Crippen molar-refractivity contribution in [2.45, 2.75) is 26.3 Å². The maximum Gasteiger partial charge on any atom is 0.224 e. The molecule has 0 atom stereocenters. The van der Waals surface area contributed by atoms with Gasteiger partial charge >= 0.3 is 0 Å². The Morgan fingerprint density at radius 1 is 1.56 bits per heavy atom. The summed E-state index contributed by atoms with van der Waals surface area (Å²) in [5.41, 5.74) is -0.267. The van der Waals surface area contributed by atoms with E-state index >= 15 is 0 Å². The van der Waals surface area contributed by atoms with Crippen LogP contribution in [0.25, 0.3) is 0 Å². The van der Waals surface area contributed by atoms with Crippen LogP contribution in [0.4, 0.5) is 16.2 Å². The molecule has 0 aliphatic carbocycles. The van der Waals surface area contributed by atoms with Crippen molar-refractivity contribution in [2.75, 3.05) is 36.5 Å². The van der Waals surface area contributed by atoms with Gasteiger partial charge in [0.1, 0.15) is 0 Å². The number of nitrogens with zero attached hydrogens (tertiary/aromatic N) is 3. The molecule has 0 saturated carbocycles. The van der Waals surface area contributed by atoms with Crippen LogP contribution in [0, 0.1) is 5.82 Å². The van der Waals surface area contributed by atoms with Crippen molar-refractivity contribution in [1.29, 1.82) is 0 Å². The van der Waals surface area contributed by atoms with Gasteiger partial charge in [-0.1, -0.05) is 0 Å². The molecule has 1 aromatic rings. The Balaban J connectivity index is 2.33. The van der Waals surface area contributed by atoms with Gasteiger partial charge in [0.05, 0.1) is 24.9 Å². The topological polar surface area (TPSA) is 50.3 Å². The van der Waals surface area contributed by atoms with Crippen molar-refractivity contribution in [3.05, 3.63) is 12.0 Å². The van der Waals surface area contributed by atoms with Crippen LogP contribution in [-0.4, -0.2) is 41.8 Å². The summed E-state index contributed by atoms with van der Waals surface area (Å²) in [6.07, 6.45) is 1.21. The largest absolute Gasteiger partial charge is 0.377 e. The van der Waals surface area contributed by atoms with Crippen molar-refractivity contribution in [2.24, 2.45) is 0 Å². The molecular weight excluding hydrogens is 235 g/mol. The summed E-state index contributed by atoms with van der Waals surface area (Å²) in [5.74, 6) is 0.400. The van der Waals surface area contributed by atoms with Gasteiger partial charge in [0, 0.05) is 13.1 Å². The summed E-state index contributed by atoms with van der Waals surface area (Å²) >= 11 is 0. The maximum absolute atomic E-state index is 13.9. The van der Waals surface area contributed by atoms with Crippen molar-refractivity contribution in [1.82, 2.24) is 9.97 Å². The summed E-state index contributed by atoms with van der Waals surface area (Å²) in [4.78, 5) is 10.1. The zero-order valence-corrected chi connectivity index (χ0v) is 11.0. The highest BCUT2D eigenvalue weighted by molar-refractivity contribution is 5.46. The third-order valence-corrected chi connectivity index (χ3v) is 2.96. The lowest BCUT2D eigenvalue weighted by Gasteiger charge is -2.42. The summed E-state index contributed by atoms with van der Waals surface area (Å²) < 4.78 is 19.3. The summed E-state index contributed by atoms with van der Waals surface area (Å²) in [7, 11) is 0. The lowest BCUT2D eigenvalue weighted by molar-refractivity contribution is 0.0634. The van der Waals surface area contributed by atoms with Gasteiger partial charge in [0.2, 0.25) is 5.95 Å². The molecule has 0 radical (unpaired) electrons. The molecule has 1 aliphatic rings. The Kier molecular flexibility index (Phi) is 3.65. The van der Waals surface area contributed by atoms with Crippen LogP contribution in [0.3, 0.4) is 0 Å². The minimum atomic E-state index is -0.397. The Morgan fingerprint density at radius 3 is 3.00 bits per heavy atom. The zero-order valence-electron chi connectivity index (χ0n) is 11.0. The SMILES string of the molecule is CCNc1ncc(F)c(N2CCOCC2(C)C)n1. The Labute approximate surface area is 106 Å². The van der Waals surface area contributed by atoms with Crippen molar-refractivity contribution < 1.29 is 9.13 Å². The Bertz CT molecular complexity index is 425. The van der Waals surface area contributed by atoms with E-state index in [1.165, 1.54) is 6.20 Å². The minimum absolute atomic E-state index is 0.267. The monoisotopic (exact) mass is 254 g/mol.